The summed E-state index contributed by atoms with van der Waals surface area (Å²) in [4.78, 5) is 17.3. The zero-order valence-electron chi connectivity index (χ0n) is 17.6. The van der Waals surface area contributed by atoms with Gasteiger partial charge in [-0.05, 0) is 56.5 Å². The highest BCUT2D eigenvalue weighted by Gasteiger charge is 2.16. The molecule has 5 nitrogen and oxygen atoms in total. The van der Waals surface area contributed by atoms with E-state index in [9.17, 15) is 4.79 Å². The number of methoxy groups -OCH3 is 2. The Bertz CT molecular complexity index is 760. The number of thiophene rings is 1. The van der Waals surface area contributed by atoms with Gasteiger partial charge in [-0.25, -0.2) is 0 Å². The summed E-state index contributed by atoms with van der Waals surface area (Å²) >= 11 is 1.74. The summed E-state index contributed by atoms with van der Waals surface area (Å²) in [7, 11) is 3.27. The number of hydrogen-bond donors (Lipinski definition) is 1. The molecule has 2 aromatic rings. The van der Waals surface area contributed by atoms with E-state index in [-0.39, 0.29) is 5.91 Å². The molecule has 0 aliphatic carbocycles. The maximum absolute atomic E-state index is 12.8. The van der Waals surface area contributed by atoms with Gasteiger partial charge in [0.25, 0.3) is 0 Å². The smallest absolute Gasteiger partial charge is 0.236 e. The molecule has 1 amide bonds. The molecule has 0 radical (unpaired) electrons. The van der Waals surface area contributed by atoms with E-state index < -0.39 is 0 Å². The summed E-state index contributed by atoms with van der Waals surface area (Å²) in [6, 6.07) is 10.5. The van der Waals surface area contributed by atoms with Crippen LogP contribution in [0.15, 0.2) is 30.3 Å². The molecule has 1 aromatic heterocycles. The molecular weight excluding hydrogens is 372 g/mol. The van der Waals surface area contributed by atoms with Crippen molar-refractivity contribution in [1.82, 2.24) is 10.2 Å². The highest BCUT2D eigenvalue weighted by molar-refractivity contribution is 7.11. The van der Waals surface area contributed by atoms with Crippen LogP contribution in [0.1, 0.15) is 35.6 Å². The van der Waals surface area contributed by atoms with E-state index in [4.69, 9.17) is 9.47 Å². The van der Waals surface area contributed by atoms with Crippen molar-refractivity contribution in [2.24, 2.45) is 0 Å². The summed E-state index contributed by atoms with van der Waals surface area (Å²) < 4.78 is 10.7. The monoisotopic (exact) mass is 404 g/mol. The molecule has 0 aliphatic rings. The fourth-order valence-corrected chi connectivity index (χ4v) is 3.77. The van der Waals surface area contributed by atoms with E-state index in [0.717, 1.165) is 18.4 Å². The Labute approximate surface area is 172 Å². The van der Waals surface area contributed by atoms with Crippen LogP contribution in [0.5, 0.6) is 11.5 Å². The van der Waals surface area contributed by atoms with Gasteiger partial charge < -0.3 is 19.7 Å². The molecule has 0 fully saturated rings. The fraction of sp³-hybridized carbons (Fsp3) is 0.500. The predicted molar refractivity (Wildman–Crippen MR) is 115 cm³/mol. The van der Waals surface area contributed by atoms with Gasteiger partial charge in [0.1, 0.15) is 0 Å². The molecule has 0 spiro atoms. The molecule has 2 rings (SSSR count). The standard InChI is InChI=1S/C22H32N2O3S/c1-6-16(2)23-14-22(25)24(15-19-9-7-17(3)28-19)12-11-18-8-10-20(26-4)21(13-18)27-5/h7-10,13,16,23H,6,11-12,14-15H2,1-5H3. The fourth-order valence-electron chi connectivity index (χ4n) is 2.87. The van der Waals surface area contributed by atoms with Gasteiger partial charge in [-0.1, -0.05) is 13.0 Å². The second kappa shape index (κ2) is 11.1. The predicted octanol–water partition coefficient (Wildman–Crippen LogP) is 4.03. The van der Waals surface area contributed by atoms with E-state index >= 15 is 0 Å². The van der Waals surface area contributed by atoms with E-state index in [1.165, 1.54) is 9.75 Å². The van der Waals surface area contributed by atoms with Crippen molar-refractivity contribution in [3.63, 3.8) is 0 Å². The lowest BCUT2D eigenvalue weighted by molar-refractivity contribution is -0.130. The van der Waals surface area contributed by atoms with Gasteiger partial charge >= 0.3 is 0 Å². The van der Waals surface area contributed by atoms with E-state index in [2.05, 4.69) is 38.2 Å². The van der Waals surface area contributed by atoms with Crippen molar-refractivity contribution in [3.05, 3.63) is 45.6 Å². The minimum Gasteiger partial charge on any atom is -0.493 e. The lowest BCUT2D eigenvalue weighted by atomic mass is 10.1. The first-order valence-corrected chi connectivity index (χ1v) is 10.6. The van der Waals surface area contributed by atoms with Crippen molar-refractivity contribution >= 4 is 17.2 Å². The Morgan fingerprint density at radius 3 is 2.54 bits per heavy atom. The highest BCUT2D eigenvalue weighted by Crippen LogP contribution is 2.28. The molecule has 1 aromatic carbocycles. The van der Waals surface area contributed by atoms with Crippen LogP contribution in [0.4, 0.5) is 0 Å². The van der Waals surface area contributed by atoms with Gasteiger partial charge in [-0.3, -0.25) is 4.79 Å². The van der Waals surface area contributed by atoms with Crippen LogP contribution in [0, 0.1) is 6.92 Å². The van der Waals surface area contributed by atoms with Crippen molar-refractivity contribution in [1.29, 1.82) is 0 Å². The van der Waals surface area contributed by atoms with Gasteiger partial charge in [-0.15, -0.1) is 11.3 Å². The summed E-state index contributed by atoms with van der Waals surface area (Å²) in [6.45, 7) is 7.98. The lowest BCUT2D eigenvalue weighted by Gasteiger charge is -2.24. The quantitative estimate of drug-likeness (QED) is 0.614. The molecule has 0 saturated carbocycles. The summed E-state index contributed by atoms with van der Waals surface area (Å²) in [5.41, 5.74) is 1.12. The molecule has 0 saturated heterocycles. The van der Waals surface area contributed by atoms with Crippen molar-refractivity contribution in [2.75, 3.05) is 27.3 Å². The lowest BCUT2D eigenvalue weighted by Crippen LogP contribution is -2.41. The number of hydrogen-bond acceptors (Lipinski definition) is 5. The normalized spacial score (nSPS) is 11.9. The van der Waals surface area contributed by atoms with Crippen molar-refractivity contribution in [3.8, 4) is 11.5 Å². The third kappa shape index (κ3) is 6.53. The number of carbonyl (C=O) groups is 1. The number of carbonyl (C=O) groups excluding carboxylic acids is 1. The van der Waals surface area contributed by atoms with Gasteiger partial charge in [0, 0.05) is 22.3 Å². The first-order valence-electron chi connectivity index (χ1n) is 9.74. The molecule has 6 heteroatoms. The largest absolute Gasteiger partial charge is 0.493 e. The minimum absolute atomic E-state index is 0.131. The zero-order valence-corrected chi connectivity index (χ0v) is 18.4. The second-order valence-corrected chi connectivity index (χ2v) is 8.33. The Morgan fingerprint density at radius 2 is 1.93 bits per heavy atom. The van der Waals surface area contributed by atoms with E-state index in [1.807, 2.05) is 23.1 Å². The van der Waals surface area contributed by atoms with E-state index in [0.29, 0.717) is 37.2 Å². The third-order valence-electron chi connectivity index (χ3n) is 4.83. The summed E-state index contributed by atoms with van der Waals surface area (Å²) in [6.07, 6.45) is 1.77. The van der Waals surface area contributed by atoms with Gasteiger partial charge in [-0.2, -0.15) is 0 Å². The molecule has 1 heterocycles. The number of aryl methyl sites for hydroxylation is 1. The van der Waals surface area contributed by atoms with Gasteiger partial charge in [0.05, 0.1) is 27.3 Å². The van der Waals surface area contributed by atoms with Crippen molar-refractivity contribution in [2.45, 2.75) is 46.2 Å². The first kappa shape index (κ1) is 22.2. The van der Waals surface area contributed by atoms with Crippen LogP contribution in [0.3, 0.4) is 0 Å². The molecule has 1 unspecified atom stereocenters. The minimum atomic E-state index is 0.131. The summed E-state index contributed by atoms with van der Waals surface area (Å²) in [5.74, 6) is 1.56. The molecular formula is C22H32N2O3S. The van der Waals surface area contributed by atoms with E-state index in [1.54, 1.807) is 25.6 Å². The molecule has 0 bridgehead atoms. The van der Waals surface area contributed by atoms with Crippen LogP contribution < -0.4 is 14.8 Å². The van der Waals surface area contributed by atoms with Gasteiger partial charge in [0.15, 0.2) is 11.5 Å². The van der Waals surface area contributed by atoms with Gasteiger partial charge in [0.2, 0.25) is 5.91 Å². The second-order valence-electron chi connectivity index (χ2n) is 6.96. The number of nitrogens with one attached hydrogen (secondary N) is 1. The topological polar surface area (TPSA) is 50.8 Å². The van der Waals surface area contributed by atoms with Crippen LogP contribution in [-0.2, 0) is 17.8 Å². The molecule has 1 atom stereocenters. The van der Waals surface area contributed by atoms with Crippen LogP contribution >= 0.6 is 11.3 Å². The average molecular weight is 405 g/mol. The Balaban J connectivity index is 2.06. The molecule has 1 N–H and O–H groups in total. The molecule has 28 heavy (non-hydrogen) atoms. The highest BCUT2D eigenvalue weighted by atomic mass is 32.1. The SMILES string of the molecule is CCC(C)NCC(=O)N(CCc1ccc(OC)c(OC)c1)Cc1ccc(C)s1. The van der Waals surface area contributed by atoms with Crippen LogP contribution in [0.25, 0.3) is 0 Å². The number of benzene rings is 1. The van der Waals surface area contributed by atoms with Crippen LogP contribution in [-0.4, -0.2) is 44.2 Å². The molecule has 0 aliphatic heterocycles. The average Bonchev–Trinajstić information content (AvgIpc) is 3.13. The Hall–Kier alpha value is -2.05. The number of ether oxygens (including phenoxy) is 2. The maximum atomic E-state index is 12.8. The Morgan fingerprint density at radius 1 is 1.18 bits per heavy atom. The zero-order chi connectivity index (χ0) is 20.5. The molecule has 154 valence electrons. The number of amides is 1. The number of rotatable bonds is 11. The summed E-state index contributed by atoms with van der Waals surface area (Å²) in [5, 5.41) is 3.31. The Kier molecular flexibility index (Phi) is 8.80. The third-order valence-corrected chi connectivity index (χ3v) is 5.81. The number of nitrogens with zero attached hydrogens (tertiary/aromatic N) is 1. The van der Waals surface area contributed by atoms with Crippen molar-refractivity contribution < 1.29 is 14.3 Å². The van der Waals surface area contributed by atoms with Crippen LogP contribution in [0.2, 0.25) is 0 Å². The maximum Gasteiger partial charge on any atom is 0.236 e. The first-order chi connectivity index (χ1) is 13.5.